The van der Waals surface area contributed by atoms with Gasteiger partial charge < -0.3 is 15.5 Å². The Labute approximate surface area is 202 Å². The molecule has 1 aromatic carbocycles. The fraction of sp³-hybridized carbons (Fsp3) is 0.565. The molecule has 0 aliphatic carbocycles. The lowest BCUT2D eigenvalue weighted by Gasteiger charge is -2.16. The predicted octanol–water partition coefficient (Wildman–Crippen LogP) is 4.04. The minimum Gasteiger partial charge on any atom is -0.357 e. The van der Waals surface area contributed by atoms with Gasteiger partial charge in [-0.3, -0.25) is 4.99 Å². The Hall–Kier alpha value is -1.19. The molecule has 3 rings (SSSR count). The van der Waals surface area contributed by atoms with Gasteiger partial charge in [-0.25, -0.2) is 4.98 Å². The molecule has 2 aromatic rings. The average molecular weight is 542 g/mol. The van der Waals surface area contributed by atoms with Crippen LogP contribution >= 0.6 is 35.3 Å². The van der Waals surface area contributed by atoms with E-state index in [1.807, 2.05) is 0 Å². The number of guanidine groups is 1. The van der Waals surface area contributed by atoms with Crippen molar-refractivity contribution < 1.29 is 0 Å². The van der Waals surface area contributed by atoms with Crippen molar-refractivity contribution in [2.75, 3.05) is 39.3 Å². The number of likely N-dealkylation sites (tertiary alicyclic amines) is 1. The molecular weight excluding hydrogens is 505 g/mol. The number of benzene rings is 1. The highest BCUT2D eigenvalue weighted by atomic mass is 127. The topological polar surface area (TPSA) is 52.6 Å². The van der Waals surface area contributed by atoms with Crippen molar-refractivity contribution >= 4 is 41.3 Å². The van der Waals surface area contributed by atoms with E-state index in [0.717, 1.165) is 57.2 Å². The number of halogens is 1. The Kier molecular flexibility index (Phi) is 11.1. The zero-order valence-electron chi connectivity index (χ0n) is 18.5. The van der Waals surface area contributed by atoms with E-state index in [9.17, 15) is 0 Å². The molecule has 1 unspecified atom stereocenters. The summed E-state index contributed by atoms with van der Waals surface area (Å²) in [5.41, 5.74) is 2.59. The van der Waals surface area contributed by atoms with Crippen LogP contribution < -0.4 is 10.6 Å². The predicted molar refractivity (Wildman–Crippen MR) is 139 cm³/mol. The van der Waals surface area contributed by atoms with Crippen LogP contribution in [-0.2, 0) is 12.8 Å². The van der Waals surface area contributed by atoms with Crippen molar-refractivity contribution in [2.24, 2.45) is 10.9 Å². The van der Waals surface area contributed by atoms with Crippen LogP contribution in [0.25, 0.3) is 0 Å². The van der Waals surface area contributed by atoms with Gasteiger partial charge in [-0.2, -0.15) is 0 Å². The second-order valence-corrected chi connectivity index (χ2v) is 9.12. The van der Waals surface area contributed by atoms with Gasteiger partial charge in [0.05, 0.1) is 10.7 Å². The molecule has 5 nitrogen and oxygen atoms in total. The third kappa shape index (κ3) is 8.15. The van der Waals surface area contributed by atoms with E-state index in [1.165, 1.54) is 28.4 Å². The second-order valence-electron chi connectivity index (χ2n) is 7.84. The molecule has 0 saturated carbocycles. The minimum atomic E-state index is 0. The normalized spacial score (nSPS) is 17.0. The fourth-order valence-electron chi connectivity index (χ4n) is 3.69. The van der Waals surface area contributed by atoms with Gasteiger partial charge in [-0.05, 0) is 51.6 Å². The van der Waals surface area contributed by atoms with Crippen molar-refractivity contribution in [3.63, 3.8) is 0 Å². The van der Waals surface area contributed by atoms with Gasteiger partial charge in [0.1, 0.15) is 0 Å². The molecule has 2 heterocycles. The molecule has 1 atom stereocenters. The van der Waals surface area contributed by atoms with E-state index < -0.39 is 0 Å². The first-order chi connectivity index (χ1) is 14.1. The summed E-state index contributed by atoms with van der Waals surface area (Å²) in [5.74, 6) is 1.59. The number of thiazole rings is 1. The number of hydrogen-bond donors (Lipinski definition) is 2. The number of aryl methyl sites for hydroxylation is 2. The van der Waals surface area contributed by atoms with Gasteiger partial charge in [0, 0.05) is 44.0 Å². The summed E-state index contributed by atoms with van der Waals surface area (Å²) in [5, 5.41) is 8.05. The average Bonchev–Trinajstić information content (AvgIpc) is 3.31. The molecule has 1 aliphatic heterocycles. The van der Waals surface area contributed by atoms with Crippen LogP contribution in [0.15, 0.2) is 35.3 Å². The van der Waals surface area contributed by atoms with Crippen LogP contribution in [0.4, 0.5) is 0 Å². The minimum absolute atomic E-state index is 0. The third-order valence-electron chi connectivity index (χ3n) is 5.49. The van der Waals surface area contributed by atoms with Crippen LogP contribution in [0.1, 0.15) is 34.5 Å². The van der Waals surface area contributed by atoms with E-state index in [-0.39, 0.29) is 24.0 Å². The summed E-state index contributed by atoms with van der Waals surface area (Å²) in [6.45, 7) is 12.5. The lowest BCUT2D eigenvalue weighted by Crippen LogP contribution is -2.38. The molecule has 30 heavy (non-hydrogen) atoms. The van der Waals surface area contributed by atoms with Crippen molar-refractivity contribution in [3.8, 4) is 0 Å². The number of rotatable bonds is 9. The van der Waals surface area contributed by atoms with Crippen LogP contribution in [0.5, 0.6) is 0 Å². The van der Waals surface area contributed by atoms with Gasteiger partial charge in [0.25, 0.3) is 0 Å². The molecule has 1 aromatic heterocycles. The monoisotopic (exact) mass is 541 g/mol. The molecule has 1 fully saturated rings. The van der Waals surface area contributed by atoms with Crippen molar-refractivity contribution in [1.29, 1.82) is 0 Å². The van der Waals surface area contributed by atoms with Gasteiger partial charge in [0.15, 0.2) is 5.96 Å². The maximum absolute atomic E-state index is 4.85. The second kappa shape index (κ2) is 13.3. The highest BCUT2D eigenvalue weighted by Gasteiger charge is 2.21. The SMILES string of the molecule is CCNC(=NCC1CCN(CCc2ccccc2)C1)NCCc1nc(C)c(C)s1.I. The maximum Gasteiger partial charge on any atom is 0.191 e. The van der Waals surface area contributed by atoms with E-state index in [1.54, 1.807) is 11.3 Å². The van der Waals surface area contributed by atoms with Gasteiger partial charge in [0.2, 0.25) is 0 Å². The van der Waals surface area contributed by atoms with Crippen LogP contribution in [-0.4, -0.2) is 55.1 Å². The molecule has 2 N–H and O–H groups in total. The fourth-order valence-corrected chi connectivity index (χ4v) is 4.63. The van der Waals surface area contributed by atoms with Crippen LogP contribution in [0.2, 0.25) is 0 Å². The highest BCUT2D eigenvalue weighted by Crippen LogP contribution is 2.18. The molecule has 166 valence electrons. The highest BCUT2D eigenvalue weighted by molar-refractivity contribution is 14.0. The Balaban J connectivity index is 0.00000320. The molecule has 0 spiro atoms. The number of hydrogen-bond acceptors (Lipinski definition) is 4. The van der Waals surface area contributed by atoms with Gasteiger partial charge in [-0.15, -0.1) is 35.3 Å². The molecule has 1 aliphatic rings. The zero-order valence-corrected chi connectivity index (χ0v) is 21.6. The van der Waals surface area contributed by atoms with Crippen LogP contribution in [0, 0.1) is 19.8 Å². The maximum atomic E-state index is 4.85. The summed E-state index contributed by atoms with van der Waals surface area (Å²) in [6, 6.07) is 10.8. The quantitative estimate of drug-likeness (QED) is 0.286. The lowest BCUT2D eigenvalue weighted by atomic mass is 10.1. The standard InChI is InChI=1S/C23H35N5S.HI/c1-4-24-23(25-13-10-22-27-18(2)19(3)29-22)26-16-21-12-15-28(17-21)14-11-20-8-6-5-7-9-20;/h5-9,21H,4,10-17H2,1-3H3,(H2,24,25,26);1H. The Morgan fingerprint density at radius 1 is 1.20 bits per heavy atom. The summed E-state index contributed by atoms with van der Waals surface area (Å²) in [7, 11) is 0. The summed E-state index contributed by atoms with van der Waals surface area (Å²) < 4.78 is 0. The number of aliphatic imine (C=N–C) groups is 1. The molecular formula is C23H36IN5S. The largest absolute Gasteiger partial charge is 0.357 e. The lowest BCUT2D eigenvalue weighted by molar-refractivity contribution is 0.329. The van der Waals surface area contributed by atoms with Gasteiger partial charge >= 0.3 is 0 Å². The summed E-state index contributed by atoms with van der Waals surface area (Å²) >= 11 is 1.80. The van der Waals surface area contributed by atoms with Crippen LogP contribution in [0.3, 0.4) is 0 Å². The molecule has 7 heteroatoms. The first-order valence-corrected chi connectivity index (χ1v) is 11.7. The number of aromatic nitrogens is 1. The van der Waals surface area contributed by atoms with E-state index in [0.29, 0.717) is 5.92 Å². The Morgan fingerprint density at radius 2 is 2.00 bits per heavy atom. The van der Waals surface area contributed by atoms with Gasteiger partial charge in [-0.1, -0.05) is 30.3 Å². The number of nitrogens with zero attached hydrogens (tertiary/aromatic N) is 3. The first-order valence-electron chi connectivity index (χ1n) is 10.9. The van der Waals surface area contributed by atoms with E-state index in [2.05, 4.69) is 71.6 Å². The molecule has 1 saturated heterocycles. The zero-order chi connectivity index (χ0) is 20.5. The molecule has 0 amide bonds. The molecule has 0 bridgehead atoms. The van der Waals surface area contributed by atoms with Crippen molar-refractivity contribution in [3.05, 3.63) is 51.5 Å². The summed E-state index contributed by atoms with van der Waals surface area (Å²) in [4.78, 5) is 13.4. The number of nitrogens with one attached hydrogen (secondary N) is 2. The Bertz CT molecular complexity index is 758. The smallest absolute Gasteiger partial charge is 0.191 e. The first kappa shape index (κ1) is 25.1. The van der Waals surface area contributed by atoms with E-state index >= 15 is 0 Å². The Morgan fingerprint density at radius 3 is 2.70 bits per heavy atom. The summed E-state index contributed by atoms with van der Waals surface area (Å²) in [6.07, 6.45) is 3.33. The van der Waals surface area contributed by atoms with E-state index in [4.69, 9.17) is 4.99 Å². The third-order valence-corrected chi connectivity index (χ3v) is 6.62. The molecule has 0 radical (unpaired) electrons. The van der Waals surface area contributed by atoms with Crippen molar-refractivity contribution in [1.82, 2.24) is 20.5 Å². The van der Waals surface area contributed by atoms with Crippen molar-refractivity contribution in [2.45, 2.75) is 40.0 Å².